The van der Waals surface area contributed by atoms with Crippen molar-refractivity contribution in [2.24, 2.45) is 0 Å². The average Bonchev–Trinajstić information content (AvgIpc) is 2.27. The van der Waals surface area contributed by atoms with Crippen molar-refractivity contribution in [2.75, 3.05) is 7.11 Å². The molecule has 0 aliphatic heterocycles. The fourth-order valence-electron chi connectivity index (χ4n) is 1.25. The van der Waals surface area contributed by atoms with Crippen LogP contribution >= 0.6 is 0 Å². The van der Waals surface area contributed by atoms with Crippen molar-refractivity contribution in [3.63, 3.8) is 0 Å². The van der Waals surface area contributed by atoms with Gasteiger partial charge >= 0.3 is 12.1 Å². The van der Waals surface area contributed by atoms with Gasteiger partial charge in [0.25, 0.3) is 0 Å². The maximum absolute atomic E-state index is 12.2. The summed E-state index contributed by atoms with van der Waals surface area (Å²) in [5.41, 5.74) is -0.560. The lowest BCUT2D eigenvalue weighted by Crippen LogP contribution is -2.09. The van der Waals surface area contributed by atoms with E-state index in [0.717, 1.165) is 24.3 Å². The Balaban J connectivity index is 2.77. The summed E-state index contributed by atoms with van der Waals surface area (Å²) in [6, 6.07) is 3.98. The van der Waals surface area contributed by atoms with Crippen molar-refractivity contribution >= 4 is 5.97 Å². The summed E-state index contributed by atoms with van der Waals surface area (Å²) in [6.45, 7) is 0. The van der Waals surface area contributed by atoms with E-state index in [9.17, 15) is 23.1 Å². The maximum Gasteiger partial charge on any atom is 0.416 e. The van der Waals surface area contributed by atoms with Gasteiger partial charge < -0.3 is 9.84 Å². The fourth-order valence-corrected chi connectivity index (χ4v) is 1.25. The maximum atomic E-state index is 12.2. The molecule has 0 spiro atoms. The standard InChI is InChI=1S/C11H11F3O3/c1-17-10(16)6-9(15)7-2-4-8(5-3-7)11(12,13)14/h2-5,9,15H,6H2,1H3/t9-/m1/s1. The van der Waals surface area contributed by atoms with Gasteiger partial charge in [0.05, 0.1) is 25.2 Å². The number of ether oxygens (including phenoxy) is 1. The van der Waals surface area contributed by atoms with Gasteiger partial charge in [-0.15, -0.1) is 0 Å². The van der Waals surface area contributed by atoms with Crippen LogP contribution in [0.25, 0.3) is 0 Å². The van der Waals surface area contributed by atoms with Crippen molar-refractivity contribution in [2.45, 2.75) is 18.7 Å². The number of aliphatic hydroxyl groups is 1. The van der Waals surface area contributed by atoms with E-state index in [0.29, 0.717) is 0 Å². The van der Waals surface area contributed by atoms with E-state index < -0.39 is 23.8 Å². The lowest BCUT2D eigenvalue weighted by Gasteiger charge is -2.11. The summed E-state index contributed by atoms with van der Waals surface area (Å²) in [7, 11) is 1.17. The monoisotopic (exact) mass is 248 g/mol. The third-order valence-electron chi connectivity index (χ3n) is 2.21. The van der Waals surface area contributed by atoms with Crippen molar-refractivity contribution in [3.8, 4) is 0 Å². The second-order valence-electron chi connectivity index (χ2n) is 3.42. The van der Waals surface area contributed by atoms with E-state index >= 15 is 0 Å². The molecule has 0 saturated carbocycles. The Kier molecular flexibility index (Phi) is 4.11. The minimum absolute atomic E-state index is 0.239. The lowest BCUT2D eigenvalue weighted by molar-refractivity contribution is -0.143. The highest BCUT2D eigenvalue weighted by Crippen LogP contribution is 2.30. The van der Waals surface area contributed by atoms with E-state index in [2.05, 4.69) is 4.74 Å². The molecule has 0 fully saturated rings. The Morgan fingerprint density at radius 2 is 1.88 bits per heavy atom. The third-order valence-corrected chi connectivity index (χ3v) is 2.21. The van der Waals surface area contributed by atoms with E-state index in [-0.39, 0.29) is 12.0 Å². The first-order valence-corrected chi connectivity index (χ1v) is 4.76. The number of hydrogen-bond donors (Lipinski definition) is 1. The van der Waals surface area contributed by atoms with E-state index in [1.165, 1.54) is 7.11 Å². The molecular formula is C11H11F3O3. The summed E-state index contributed by atoms with van der Waals surface area (Å²) in [6.07, 6.45) is -5.86. The van der Waals surface area contributed by atoms with Gasteiger partial charge in [0.2, 0.25) is 0 Å². The van der Waals surface area contributed by atoms with Crippen LogP contribution in [-0.4, -0.2) is 18.2 Å². The molecule has 0 unspecified atom stereocenters. The van der Waals surface area contributed by atoms with E-state index in [1.807, 2.05) is 0 Å². The summed E-state index contributed by atoms with van der Waals surface area (Å²) in [5, 5.41) is 9.53. The minimum Gasteiger partial charge on any atom is -0.469 e. The minimum atomic E-state index is -4.41. The highest BCUT2D eigenvalue weighted by molar-refractivity contribution is 5.70. The molecule has 94 valence electrons. The van der Waals surface area contributed by atoms with Crippen LogP contribution in [0.1, 0.15) is 23.7 Å². The van der Waals surface area contributed by atoms with Crippen molar-refractivity contribution in [1.29, 1.82) is 0 Å². The molecular weight excluding hydrogens is 237 g/mol. The molecule has 0 aromatic heterocycles. The van der Waals surface area contributed by atoms with Crippen LogP contribution in [0.3, 0.4) is 0 Å². The Morgan fingerprint density at radius 3 is 2.29 bits per heavy atom. The fraction of sp³-hybridized carbons (Fsp3) is 0.364. The van der Waals surface area contributed by atoms with Gasteiger partial charge in [0.15, 0.2) is 0 Å². The van der Waals surface area contributed by atoms with Gasteiger partial charge in [-0.25, -0.2) is 0 Å². The molecule has 0 bridgehead atoms. The van der Waals surface area contributed by atoms with Crippen LogP contribution in [0.5, 0.6) is 0 Å². The number of alkyl halides is 3. The number of benzene rings is 1. The molecule has 0 aliphatic rings. The SMILES string of the molecule is COC(=O)C[C@@H](O)c1ccc(C(F)(F)F)cc1. The zero-order valence-corrected chi connectivity index (χ0v) is 8.99. The molecule has 0 amide bonds. The Morgan fingerprint density at radius 1 is 1.35 bits per heavy atom. The normalized spacial score (nSPS) is 13.2. The number of carbonyl (C=O) groups is 1. The predicted octanol–water partition coefficient (Wildman–Crippen LogP) is 2.30. The van der Waals surface area contributed by atoms with Gasteiger partial charge in [-0.2, -0.15) is 13.2 Å². The Bertz CT molecular complexity index is 384. The number of hydrogen-bond acceptors (Lipinski definition) is 3. The first-order chi connectivity index (χ1) is 7.84. The molecule has 0 heterocycles. The van der Waals surface area contributed by atoms with Crippen LogP contribution in [0.4, 0.5) is 13.2 Å². The molecule has 1 aromatic carbocycles. The number of aliphatic hydroxyl groups excluding tert-OH is 1. The number of halogens is 3. The highest BCUT2D eigenvalue weighted by Gasteiger charge is 2.30. The lowest BCUT2D eigenvalue weighted by atomic mass is 10.0. The average molecular weight is 248 g/mol. The quantitative estimate of drug-likeness (QED) is 0.835. The number of carbonyl (C=O) groups excluding carboxylic acids is 1. The Hall–Kier alpha value is -1.56. The summed E-state index contributed by atoms with van der Waals surface area (Å²) in [4.78, 5) is 10.9. The first-order valence-electron chi connectivity index (χ1n) is 4.76. The molecule has 0 radical (unpaired) electrons. The van der Waals surface area contributed by atoms with Crippen LogP contribution in [0.2, 0.25) is 0 Å². The summed E-state index contributed by atoms with van der Waals surface area (Å²) >= 11 is 0. The largest absolute Gasteiger partial charge is 0.469 e. The zero-order valence-electron chi connectivity index (χ0n) is 8.99. The molecule has 17 heavy (non-hydrogen) atoms. The zero-order chi connectivity index (χ0) is 13.1. The first kappa shape index (κ1) is 13.5. The van der Waals surface area contributed by atoms with Gasteiger partial charge in [0.1, 0.15) is 0 Å². The van der Waals surface area contributed by atoms with Crippen molar-refractivity contribution < 1.29 is 27.8 Å². The summed E-state index contributed by atoms with van der Waals surface area (Å²) < 4.78 is 41.1. The molecule has 0 saturated heterocycles. The molecule has 1 N–H and O–H groups in total. The van der Waals surface area contributed by atoms with Crippen LogP contribution < -0.4 is 0 Å². The number of esters is 1. The van der Waals surface area contributed by atoms with E-state index in [1.54, 1.807) is 0 Å². The van der Waals surface area contributed by atoms with Crippen molar-refractivity contribution in [3.05, 3.63) is 35.4 Å². The predicted molar refractivity (Wildman–Crippen MR) is 53.0 cm³/mol. The molecule has 1 atom stereocenters. The molecule has 1 rings (SSSR count). The molecule has 0 aliphatic carbocycles. The Labute approximate surface area is 95.8 Å². The highest BCUT2D eigenvalue weighted by atomic mass is 19.4. The number of methoxy groups -OCH3 is 1. The second-order valence-corrected chi connectivity index (χ2v) is 3.42. The van der Waals surface area contributed by atoms with Gasteiger partial charge in [0, 0.05) is 0 Å². The topological polar surface area (TPSA) is 46.5 Å². The van der Waals surface area contributed by atoms with E-state index in [4.69, 9.17) is 0 Å². The second kappa shape index (κ2) is 5.18. The van der Waals surface area contributed by atoms with Gasteiger partial charge in [-0.05, 0) is 17.7 Å². The third kappa shape index (κ3) is 3.74. The molecule has 6 heteroatoms. The number of rotatable bonds is 3. The van der Waals surface area contributed by atoms with Crippen molar-refractivity contribution in [1.82, 2.24) is 0 Å². The molecule has 1 aromatic rings. The van der Waals surface area contributed by atoms with Gasteiger partial charge in [-0.1, -0.05) is 12.1 Å². The van der Waals surface area contributed by atoms with Crippen LogP contribution in [0, 0.1) is 0 Å². The van der Waals surface area contributed by atoms with Gasteiger partial charge in [-0.3, -0.25) is 4.79 Å². The molecule has 3 nitrogen and oxygen atoms in total. The van der Waals surface area contributed by atoms with Crippen LogP contribution in [0.15, 0.2) is 24.3 Å². The van der Waals surface area contributed by atoms with Crippen LogP contribution in [-0.2, 0) is 15.7 Å². The summed E-state index contributed by atoms with van der Waals surface area (Å²) in [5.74, 6) is -0.627. The smallest absolute Gasteiger partial charge is 0.416 e.